The highest BCUT2D eigenvalue weighted by Gasteiger charge is 2.21. The number of hydrogen-bond donors (Lipinski definition) is 2. The van der Waals surface area contributed by atoms with Crippen molar-refractivity contribution in [3.05, 3.63) is 95.1 Å². The number of carbonyl (C=O) groups is 2. The summed E-state index contributed by atoms with van der Waals surface area (Å²) in [5.74, 6) is -1.44. The Morgan fingerprint density at radius 3 is 2.11 bits per heavy atom. The first kappa shape index (κ1) is 19.4. The molecule has 2 N–H and O–H groups in total. The van der Waals surface area contributed by atoms with E-state index in [4.69, 9.17) is 0 Å². The Morgan fingerprint density at radius 1 is 0.857 bits per heavy atom. The van der Waals surface area contributed by atoms with Crippen LogP contribution in [0.5, 0.6) is 0 Å². The van der Waals surface area contributed by atoms with Crippen LogP contribution >= 0.6 is 0 Å². The number of nitrogens with one attached hydrogen (secondary N) is 1. The van der Waals surface area contributed by atoms with Gasteiger partial charge < -0.3 is 10.4 Å². The van der Waals surface area contributed by atoms with Gasteiger partial charge in [-0.05, 0) is 53.8 Å². The van der Waals surface area contributed by atoms with Crippen LogP contribution in [0.25, 0.3) is 11.1 Å². The quantitative estimate of drug-likeness (QED) is 0.673. The van der Waals surface area contributed by atoms with Crippen LogP contribution in [0.4, 0.5) is 0 Å². The van der Waals surface area contributed by atoms with Crippen molar-refractivity contribution in [2.24, 2.45) is 0 Å². The Balaban J connectivity index is 1.71. The van der Waals surface area contributed by atoms with Crippen molar-refractivity contribution in [3.8, 4) is 11.1 Å². The van der Waals surface area contributed by atoms with Crippen LogP contribution in [0.2, 0.25) is 0 Å². The summed E-state index contributed by atoms with van der Waals surface area (Å²) in [7, 11) is 0. The number of hydrogen-bond acceptors (Lipinski definition) is 2. The van der Waals surface area contributed by atoms with Crippen LogP contribution in [-0.2, 0) is 11.2 Å². The van der Waals surface area contributed by atoms with Gasteiger partial charge in [0.1, 0.15) is 6.04 Å². The topological polar surface area (TPSA) is 66.4 Å². The van der Waals surface area contributed by atoms with Crippen molar-refractivity contribution >= 4 is 11.9 Å². The molecule has 0 radical (unpaired) electrons. The van der Waals surface area contributed by atoms with Gasteiger partial charge in [0.05, 0.1) is 0 Å². The summed E-state index contributed by atoms with van der Waals surface area (Å²) < 4.78 is 0. The predicted molar refractivity (Wildman–Crippen MR) is 110 cm³/mol. The molecule has 0 heterocycles. The van der Waals surface area contributed by atoms with Crippen LogP contribution in [0.3, 0.4) is 0 Å². The molecule has 1 amide bonds. The van der Waals surface area contributed by atoms with Gasteiger partial charge in [0, 0.05) is 12.0 Å². The van der Waals surface area contributed by atoms with Crippen molar-refractivity contribution in [3.63, 3.8) is 0 Å². The third kappa shape index (κ3) is 4.65. The van der Waals surface area contributed by atoms with Crippen LogP contribution < -0.4 is 5.32 Å². The summed E-state index contributed by atoms with van der Waals surface area (Å²) in [6, 6.07) is 21.9. The molecule has 0 fully saturated rings. The average molecular weight is 373 g/mol. The standard InChI is InChI=1S/C24H23NO3/c1-16-8-9-18(14-17(16)2)15-22(24(27)28)25-23(26)21-12-10-20(11-13-21)19-6-4-3-5-7-19/h3-14,22H,15H2,1-2H3,(H,25,26)(H,27,28)/t22-/m1/s1. The van der Waals surface area contributed by atoms with E-state index in [1.807, 2.05) is 74.5 Å². The first-order valence-electron chi connectivity index (χ1n) is 9.19. The molecular formula is C24H23NO3. The molecule has 1 atom stereocenters. The van der Waals surface area contributed by atoms with E-state index in [0.717, 1.165) is 27.8 Å². The van der Waals surface area contributed by atoms with Gasteiger partial charge in [0.15, 0.2) is 0 Å². The monoisotopic (exact) mass is 373 g/mol. The van der Waals surface area contributed by atoms with Gasteiger partial charge in [-0.1, -0.05) is 60.7 Å². The molecule has 4 nitrogen and oxygen atoms in total. The molecule has 0 unspecified atom stereocenters. The van der Waals surface area contributed by atoms with Gasteiger partial charge in [-0.25, -0.2) is 4.79 Å². The summed E-state index contributed by atoms with van der Waals surface area (Å²) >= 11 is 0. The van der Waals surface area contributed by atoms with E-state index >= 15 is 0 Å². The molecule has 0 aromatic heterocycles. The molecule has 142 valence electrons. The second-order valence-corrected chi connectivity index (χ2v) is 6.93. The van der Waals surface area contributed by atoms with Crippen LogP contribution in [0.1, 0.15) is 27.0 Å². The normalized spacial score (nSPS) is 11.6. The van der Waals surface area contributed by atoms with Gasteiger partial charge in [-0.2, -0.15) is 0 Å². The second kappa shape index (κ2) is 8.53. The van der Waals surface area contributed by atoms with Crippen LogP contribution in [0.15, 0.2) is 72.8 Å². The predicted octanol–water partition coefficient (Wildman–Crippen LogP) is 4.40. The molecule has 0 saturated carbocycles. The Morgan fingerprint density at radius 2 is 1.50 bits per heavy atom. The van der Waals surface area contributed by atoms with E-state index in [-0.39, 0.29) is 6.42 Å². The van der Waals surface area contributed by atoms with E-state index < -0.39 is 17.9 Å². The number of rotatable bonds is 6. The highest BCUT2D eigenvalue weighted by atomic mass is 16.4. The molecule has 0 aliphatic heterocycles. The van der Waals surface area contributed by atoms with Gasteiger partial charge in [0.25, 0.3) is 5.91 Å². The van der Waals surface area contributed by atoms with Crippen molar-refractivity contribution in [2.45, 2.75) is 26.3 Å². The zero-order valence-corrected chi connectivity index (χ0v) is 16.0. The van der Waals surface area contributed by atoms with Gasteiger partial charge in [-0.3, -0.25) is 4.79 Å². The Bertz CT molecular complexity index is 978. The third-order valence-electron chi connectivity index (χ3n) is 4.87. The van der Waals surface area contributed by atoms with Gasteiger partial charge >= 0.3 is 5.97 Å². The lowest BCUT2D eigenvalue weighted by Crippen LogP contribution is -2.42. The zero-order valence-electron chi connectivity index (χ0n) is 16.0. The fourth-order valence-corrected chi connectivity index (χ4v) is 3.05. The Labute approximate surface area is 164 Å². The minimum Gasteiger partial charge on any atom is -0.480 e. The van der Waals surface area contributed by atoms with E-state index in [9.17, 15) is 14.7 Å². The summed E-state index contributed by atoms with van der Waals surface area (Å²) in [4.78, 5) is 24.2. The van der Waals surface area contributed by atoms with E-state index in [1.54, 1.807) is 12.1 Å². The van der Waals surface area contributed by atoms with Gasteiger partial charge in [0.2, 0.25) is 0 Å². The summed E-state index contributed by atoms with van der Waals surface area (Å²) in [5, 5.41) is 12.2. The van der Waals surface area contributed by atoms with Crippen molar-refractivity contribution in [2.75, 3.05) is 0 Å². The molecule has 3 rings (SSSR count). The number of carboxylic acid groups (broad SMARTS) is 1. The molecule has 28 heavy (non-hydrogen) atoms. The molecule has 0 aliphatic carbocycles. The minimum absolute atomic E-state index is 0.240. The Hall–Kier alpha value is -3.40. The smallest absolute Gasteiger partial charge is 0.326 e. The maximum absolute atomic E-state index is 12.5. The number of benzene rings is 3. The van der Waals surface area contributed by atoms with Gasteiger partial charge in [-0.15, -0.1) is 0 Å². The van der Waals surface area contributed by atoms with Crippen molar-refractivity contribution in [1.29, 1.82) is 0 Å². The van der Waals surface area contributed by atoms with E-state index in [0.29, 0.717) is 5.56 Å². The summed E-state index contributed by atoms with van der Waals surface area (Å²) in [6.07, 6.45) is 0.240. The SMILES string of the molecule is Cc1ccc(C[C@@H](NC(=O)c2ccc(-c3ccccc3)cc2)C(=O)O)cc1C. The number of aryl methyl sites for hydroxylation is 2. The van der Waals surface area contributed by atoms with Crippen LogP contribution in [-0.4, -0.2) is 23.0 Å². The fraction of sp³-hybridized carbons (Fsp3) is 0.167. The highest BCUT2D eigenvalue weighted by molar-refractivity contribution is 5.97. The molecular weight excluding hydrogens is 350 g/mol. The Kier molecular flexibility index (Phi) is 5.90. The minimum atomic E-state index is -1.05. The maximum Gasteiger partial charge on any atom is 0.326 e. The molecule has 0 spiro atoms. The average Bonchev–Trinajstić information content (AvgIpc) is 2.71. The molecule has 0 saturated heterocycles. The largest absolute Gasteiger partial charge is 0.480 e. The number of carbonyl (C=O) groups excluding carboxylic acids is 1. The lowest BCUT2D eigenvalue weighted by Gasteiger charge is -2.15. The lowest BCUT2D eigenvalue weighted by atomic mass is 10.0. The first-order chi connectivity index (χ1) is 13.4. The van der Waals surface area contributed by atoms with Crippen molar-refractivity contribution in [1.82, 2.24) is 5.32 Å². The molecule has 3 aromatic carbocycles. The molecule has 3 aromatic rings. The molecule has 0 aliphatic rings. The number of amides is 1. The third-order valence-corrected chi connectivity index (χ3v) is 4.87. The maximum atomic E-state index is 12.5. The fourth-order valence-electron chi connectivity index (χ4n) is 3.05. The molecule has 0 bridgehead atoms. The number of carboxylic acids is 1. The molecule has 4 heteroatoms. The lowest BCUT2D eigenvalue weighted by molar-refractivity contribution is -0.139. The summed E-state index contributed by atoms with van der Waals surface area (Å²) in [5.41, 5.74) is 5.64. The first-order valence-corrected chi connectivity index (χ1v) is 9.19. The van der Waals surface area contributed by atoms with Crippen LogP contribution in [0, 0.1) is 13.8 Å². The highest BCUT2D eigenvalue weighted by Crippen LogP contribution is 2.19. The zero-order chi connectivity index (χ0) is 20.1. The number of aliphatic carboxylic acids is 1. The van der Waals surface area contributed by atoms with E-state index in [2.05, 4.69) is 5.32 Å². The van der Waals surface area contributed by atoms with E-state index in [1.165, 1.54) is 0 Å². The van der Waals surface area contributed by atoms with Crippen molar-refractivity contribution < 1.29 is 14.7 Å². The summed E-state index contributed by atoms with van der Waals surface area (Å²) in [6.45, 7) is 4.00. The second-order valence-electron chi connectivity index (χ2n) is 6.93.